The molecule has 1 N–H and O–H groups in total. The molecule has 0 saturated heterocycles. The fourth-order valence-electron chi connectivity index (χ4n) is 2.26. The summed E-state index contributed by atoms with van der Waals surface area (Å²) in [5.74, 6) is 0.702. The van der Waals surface area contributed by atoms with E-state index >= 15 is 0 Å². The van der Waals surface area contributed by atoms with Crippen LogP contribution < -0.4 is 5.32 Å². The normalized spacial score (nSPS) is 12.6. The summed E-state index contributed by atoms with van der Waals surface area (Å²) in [5, 5.41) is 7.56. The van der Waals surface area contributed by atoms with Gasteiger partial charge in [0.1, 0.15) is 18.0 Å². The zero-order valence-corrected chi connectivity index (χ0v) is 12.0. The van der Waals surface area contributed by atoms with Crippen molar-refractivity contribution in [2.24, 2.45) is 0 Å². The number of nitrogens with zero attached hydrogens (tertiary/aromatic N) is 3. The molecule has 1 unspecified atom stereocenters. The topological polar surface area (TPSA) is 42.7 Å². The number of aromatic nitrogens is 3. The maximum atomic E-state index is 14.0. The van der Waals surface area contributed by atoms with Crippen LogP contribution in [-0.4, -0.2) is 21.3 Å². The summed E-state index contributed by atoms with van der Waals surface area (Å²) < 4.78 is 15.8. The Kier molecular flexibility index (Phi) is 5.24. The van der Waals surface area contributed by atoms with Crippen molar-refractivity contribution in [1.82, 2.24) is 20.1 Å². The Balaban J connectivity index is 2.22. The summed E-state index contributed by atoms with van der Waals surface area (Å²) in [6.45, 7) is 5.74. The van der Waals surface area contributed by atoms with Gasteiger partial charge in [-0.3, -0.25) is 4.68 Å². The van der Waals surface area contributed by atoms with E-state index in [2.05, 4.69) is 22.3 Å². The van der Waals surface area contributed by atoms with Crippen LogP contribution in [0.3, 0.4) is 0 Å². The van der Waals surface area contributed by atoms with Crippen molar-refractivity contribution in [3.8, 4) is 0 Å². The van der Waals surface area contributed by atoms with Crippen LogP contribution >= 0.6 is 0 Å². The van der Waals surface area contributed by atoms with E-state index in [1.165, 1.54) is 6.07 Å². The molecule has 0 aliphatic carbocycles. The molecule has 20 heavy (non-hydrogen) atoms. The number of rotatable bonds is 7. The Morgan fingerprint density at radius 1 is 1.30 bits per heavy atom. The average Bonchev–Trinajstić information content (AvgIpc) is 2.91. The summed E-state index contributed by atoms with van der Waals surface area (Å²) in [4.78, 5) is 4.28. The fraction of sp³-hybridized carbons (Fsp3) is 0.467. The molecule has 108 valence electrons. The number of hydrogen-bond acceptors (Lipinski definition) is 3. The van der Waals surface area contributed by atoms with E-state index in [0.717, 1.165) is 25.3 Å². The van der Waals surface area contributed by atoms with Gasteiger partial charge in [-0.05, 0) is 26.0 Å². The van der Waals surface area contributed by atoms with Gasteiger partial charge in [0.15, 0.2) is 0 Å². The smallest absolute Gasteiger partial charge is 0.138 e. The summed E-state index contributed by atoms with van der Waals surface area (Å²) in [5.41, 5.74) is 0.687. The molecule has 1 heterocycles. The molecule has 0 fully saturated rings. The summed E-state index contributed by atoms with van der Waals surface area (Å²) >= 11 is 0. The van der Waals surface area contributed by atoms with Gasteiger partial charge in [-0.1, -0.05) is 25.1 Å². The molecule has 1 aromatic heterocycles. The molecule has 1 aromatic carbocycles. The zero-order valence-electron chi connectivity index (χ0n) is 12.0. The van der Waals surface area contributed by atoms with Crippen LogP contribution in [0.25, 0.3) is 0 Å². The molecule has 0 aliphatic heterocycles. The lowest BCUT2D eigenvalue weighted by atomic mass is 10.0. The van der Waals surface area contributed by atoms with Gasteiger partial charge in [-0.15, -0.1) is 0 Å². The maximum absolute atomic E-state index is 14.0. The number of aryl methyl sites for hydroxylation is 1. The first kappa shape index (κ1) is 14.7. The molecular weight excluding hydrogens is 255 g/mol. The van der Waals surface area contributed by atoms with Gasteiger partial charge >= 0.3 is 0 Å². The molecule has 1 atom stereocenters. The highest BCUT2D eigenvalue weighted by molar-refractivity contribution is 5.22. The van der Waals surface area contributed by atoms with E-state index < -0.39 is 0 Å². The van der Waals surface area contributed by atoms with E-state index in [-0.39, 0.29) is 11.9 Å². The second-order valence-corrected chi connectivity index (χ2v) is 4.72. The number of nitrogens with one attached hydrogen (secondary N) is 1. The van der Waals surface area contributed by atoms with Crippen LogP contribution in [0.5, 0.6) is 0 Å². The third-order valence-corrected chi connectivity index (χ3v) is 3.30. The Labute approximate surface area is 119 Å². The lowest BCUT2D eigenvalue weighted by Crippen LogP contribution is -2.26. The van der Waals surface area contributed by atoms with E-state index in [4.69, 9.17) is 0 Å². The van der Waals surface area contributed by atoms with Crippen molar-refractivity contribution in [3.63, 3.8) is 0 Å². The third kappa shape index (κ3) is 3.42. The molecule has 0 amide bonds. The maximum Gasteiger partial charge on any atom is 0.138 e. The zero-order chi connectivity index (χ0) is 14.4. The van der Waals surface area contributed by atoms with Crippen molar-refractivity contribution in [2.75, 3.05) is 6.54 Å². The third-order valence-electron chi connectivity index (χ3n) is 3.30. The molecule has 0 bridgehead atoms. The predicted molar refractivity (Wildman–Crippen MR) is 76.8 cm³/mol. The van der Waals surface area contributed by atoms with E-state index in [0.29, 0.717) is 12.0 Å². The van der Waals surface area contributed by atoms with Crippen molar-refractivity contribution in [2.45, 2.75) is 39.3 Å². The predicted octanol–water partition coefficient (Wildman–Crippen LogP) is 2.72. The molecule has 5 heteroatoms. The Hall–Kier alpha value is -1.75. The van der Waals surface area contributed by atoms with Crippen molar-refractivity contribution in [1.29, 1.82) is 0 Å². The summed E-state index contributed by atoms with van der Waals surface area (Å²) in [6, 6.07) is 6.83. The molecular formula is C15H21FN4. The van der Waals surface area contributed by atoms with Gasteiger partial charge in [0.2, 0.25) is 0 Å². The highest BCUT2D eigenvalue weighted by atomic mass is 19.1. The van der Waals surface area contributed by atoms with E-state index in [9.17, 15) is 4.39 Å². The average molecular weight is 276 g/mol. The van der Waals surface area contributed by atoms with E-state index in [1.54, 1.807) is 12.4 Å². The van der Waals surface area contributed by atoms with Gasteiger partial charge in [-0.2, -0.15) is 5.10 Å². The van der Waals surface area contributed by atoms with Crippen LogP contribution in [0.4, 0.5) is 4.39 Å². The highest BCUT2D eigenvalue weighted by Crippen LogP contribution is 2.20. The van der Waals surface area contributed by atoms with Crippen LogP contribution in [0.15, 0.2) is 30.6 Å². The SMILES string of the molecule is CCCNC(Cc1ncnn1CC)c1ccccc1F. The van der Waals surface area contributed by atoms with Gasteiger partial charge in [0.05, 0.1) is 0 Å². The monoisotopic (exact) mass is 276 g/mol. The van der Waals surface area contributed by atoms with Crippen molar-refractivity contribution < 1.29 is 4.39 Å². The molecule has 4 nitrogen and oxygen atoms in total. The minimum Gasteiger partial charge on any atom is -0.309 e. The van der Waals surface area contributed by atoms with Crippen LogP contribution in [-0.2, 0) is 13.0 Å². The standard InChI is InChI=1S/C15H21FN4/c1-3-9-17-14(12-7-5-6-8-13(12)16)10-15-18-11-19-20(15)4-2/h5-8,11,14,17H,3-4,9-10H2,1-2H3. The molecule has 0 radical (unpaired) electrons. The second kappa shape index (κ2) is 7.14. The van der Waals surface area contributed by atoms with Crippen molar-refractivity contribution in [3.05, 3.63) is 47.8 Å². The first-order valence-corrected chi connectivity index (χ1v) is 7.10. The first-order chi connectivity index (χ1) is 9.76. The van der Waals surface area contributed by atoms with Gasteiger partial charge in [-0.25, -0.2) is 9.37 Å². The Bertz CT molecular complexity index is 538. The van der Waals surface area contributed by atoms with Crippen LogP contribution in [0.1, 0.15) is 37.7 Å². The van der Waals surface area contributed by atoms with E-state index in [1.807, 2.05) is 23.7 Å². The van der Waals surface area contributed by atoms with Crippen LogP contribution in [0, 0.1) is 5.82 Å². The number of benzene rings is 1. The second-order valence-electron chi connectivity index (χ2n) is 4.72. The number of halogens is 1. The lowest BCUT2D eigenvalue weighted by Gasteiger charge is -2.19. The molecule has 0 spiro atoms. The van der Waals surface area contributed by atoms with Crippen LogP contribution in [0.2, 0.25) is 0 Å². The minimum atomic E-state index is -0.177. The van der Waals surface area contributed by atoms with Gasteiger partial charge < -0.3 is 5.32 Å². The summed E-state index contributed by atoms with van der Waals surface area (Å²) in [6.07, 6.45) is 3.19. The fourth-order valence-corrected chi connectivity index (χ4v) is 2.26. The quantitative estimate of drug-likeness (QED) is 0.845. The molecule has 2 rings (SSSR count). The molecule has 0 aliphatic rings. The molecule has 0 saturated carbocycles. The Morgan fingerprint density at radius 3 is 2.80 bits per heavy atom. The first-order valence-electron chi connectivity index (χ1n) is 7.10. The van der Waals surface area contributed by atoms with Gasteiger partial charge in [0, 0.05) is 24.6 Å². The lowest BCUT2D eigenvalue weighted by molar-refractivity contribution is 0.474. The van der Waals surface area contributed by atoms with Gasteiger partial charge in [0.25, 0.3) is 0 Å². The number of hydrogen-bond donors (Lipinski definition) is 1. The highest BCUT2D eigenvalue weighted by Gasteiger charge is 2.17. The minimum absolute atomic E-state index is 0.0781. The summed E-state index contributed by atoms with van der Waals surface area (Å²) in [7, 11) is 0. The Morgan fingerprint density at radius 2 is 2.10 bits per heavy atom. The largest absolute Gasteiger partial charge is 0.309 e. The van der Waals surface area contributed by atoms with Crippen molar-refractivity contribution >= 4 is 0 Å². The molecule has 2 aromatic rings.